The van der Waals surface area contributed by atoms with Gasteiger partial charge in [-0.15, -0.1) is 0 Å². The Labute approximate surface area is 79.7 Å². The number of allylic oxidation sites excluding steroid dienone is 1. The van der Waals surface area contributed by atoms with Gasteiger partial charge in [-0.05, 0) is 36.1 Å². The molecule has 0 saturated carbocycles. The average molecular weight is 173 g/mol. The maximum absolute atomic E-state index is 2.24. The van der Waals surface area contributed by atoms with Gasteiger partial charge in [-0.3, -0.25) is 0 Å². The summed E-state index contributed by atoms with van der Waals surface area (Å²) >= 11 is 0. The molecule has 0 spiro atoms. The van der Waals surface area contributed by atoms with Crippen LogP contribution >= 0.6 is 0 Å². The molecule has 0 fully saturated rings. The van der Waals surface area contributed by atoms with Crippen LogP contribution in [-0.4, -0.2) is 14.1 Å². The summed E-state index contributed by atoms with van der Waals surface area (Å²) in [6.45, 7) is 2.17. The maximum Gasteiger partial charge on any atom is 0.0402 e. The number of hydrogen-bond acceptors (Lipinski definition) is 1. The minimum atomic E-state index is 1.09. The first-order valence-electron chi connectivity index (χ1n) is 4.66. The largest absolute Gasteiger partial charge is 0.377 e. The molecule has 13 heavy (non-hydrogen) atoms. The zero-order chi connectivity index (χ0) is 9.42. The Balaban J connectivity index is 2.60. The van der Waals surface area contributed by atoms with Gasteiger partial charge in [-0.2, -0.15) is 0 Å². The number of hydrogen-bond donors (Lipinski definition) is 0. The van der Waals surface area contributed by atoms with E-state index in [9.17, 15) is 0 Å². The lowest BCUT2D eigenvalue weighted by molar-refractivity contribution is 1.09. The second kappa shape index (κ2) is 2.91. The number of anilines is 1. The predicted molar refractivity (Wildman–Crippen MR) is 58.2 cm³/mol. The summed E-state index contributed by atoms with van der Waals surface area (Å²) in [5.74, 6) is 0. The van der Waals surface area contributed by atoms with Crippen molar-refractivity contribution < 1.29 is 0 Å². The van der Waals surface area contributed by atoms with Crippen molar-refractivity contribution in [2.24, 2.45) is 0 Å². The van der Waals surface area contributed by atoms with Crippen LogP contribution < -0.4 is 4.90 Å². The van der Waals surface area contributed by atoms with Crippen molar-refractivity contribution in [2.45, 2.75) is 13.3 Å². The molecule has 0 aromatic heterocycles. The molecule has 0 saturated heterocycles. The molecule has 1 aromatic carbocycles. The second-order valence-electron chi connectivity index (χ2n) is 3.79. The van der Waals surface area contributed by atoms with Gasteiger partial charge in [0.05, 0.1) is 0 Å². The fourth-order valence-electron chi connectivity index (χ4n) is 1.93. The summed E-state index contributed by atoms with van der Waals surface area (Å²) in [5.41, 5.74) is 5.64. The topological polar surface area (TPSA) is 3.24 Å². The van der Waals surface area contributed by atoms with Crippen LogP contribution in [0.25, 0.3) is 6.08 Å². The lowest BCUT2D eigenvalue weighted by Crippen LogP contribution is -2.11. The molecule has 1 aliphatic carbocycles. The van der Waals surface area contributed by atoms with E-state index in [0.29, 0.717) is 0 Å². The van der Waals surface area contributed by atoms with Gasteiger partial charge >= 0.3 is 0 Å². The van der Waals surface area contributed by atoms with Gasteiger partial charge in [0.1, 0.15) is 0 Å². The SMILES string of the molecule is Cc1ccc(N(C)C)c2c1C=CC2. The van der Waals surface area contributed by atoms with E-state index in [1.807, 2.05) is 0 Å². The number of fused-ring (bicyclic) bond motifs is 1. The van der Waals surface area contributed by atoms with Crippen LogP contribution in [0, 0.1) is 6.92 Å². The highest BCUT2D eigenvalue weighted by Crippen LogP contribution is 2.30. The van der Waals surface area contributed by atoms with Gasteiger partial charge in [-0.1, -0.05) is 18.2 Å². The normalized spacial score (nSPS) is 13.2. The molecule has 2 rings (SSSR count). The molecule has 68 valence electrons. The number of nitrogens with zero attached hydrogens (tertiary/aromatic N) is 1. The van der Waals surface area contributed by atoms with Crippen molar-refractivity contribution in [3.05, 3.63) is 34.9 Å². The average Bonchev–Trinajstić information content (AvgIpc) is 2.53. The van der Waals surface area contributed by atoms with Crippen molar-refractivity contribution in [3.8, 4) is 0 Å². The standard InChI is InChI=1S/C12H15N/c1-9-7-8-12(13(2)3)11-6-4-5-10(9)11/h4-5,7-8H,6H2,1-3H3. The minimum Gasteiger partial charge on any atom is -0.377 e. The van der Waals surface area contributed by atoms with E-state index in [1.54, 1.807) is 0 Å². The lowest BCUT2D eigenvalue weighted by Gasteiger charge is -2.18. The van der Waals surface area contributed by atoms with Crippen molar-refractivity contribution in [1.29, 1.82) is 0 Å². The lowest BCUT2D eigenvalue weighted by atomic mass is 10.0. The Kier molecular flexibility index (Phi) is 1.87. The molecule has 1 aromatic rings. The monoisotopic (exact) mass is 173 g/mol. The summed E-state index contributed by atoms with van der Waals surface area (Å²) < 4.78 is 0. The molecule has 0 bridgehead atoms. The summed E-state index contributed by atoms with van der Waals surface area (Å²) in [6, 6.07) is 4.41. The molecule has 1 heteroatoms. The summed E-state index contributed by atoms with van der Waals surface area (Å²) in [7, 11) is 4.20. The van der Waals surface area contributed by atoms with Crippen molar-refractivity contribution in [1.82, 2.24) is 0 Å². The van der Waals surface area contributed by atoms with E-state index in [-0.39, 0.29) is 0 Å². The Hall–Kier alpha value is -1.24. The third kappa shape index (κ3) is 1.24. The van der Waals surface area contributed by atoms with Crippen LogP contribution in [0.1, 0.15) is 16.7 Å². The summed E-state index contributed by atoms with van der Waals surface area (Å²) in [5, 5.41) is 0. The van der Waals surface area contributed by atoms with Crippen LogP contribution in [-0.2, 0) is 6.42 Å². The van der Waals surface area contributed by atoms with E-state index >= 15 is 0 Å². The first-order valence-corrected chi connectivity index (χ1v) is 4.66. The number of rotatable bonds is 1. The van der Waals surface area contributed by atoms with Crippen molar-refractivity contribution in [3.63, 3.8) is 0 Å². The van der Waals surface area contributed by atoms with E-state index in [4.69, 9.17) is 0 Å². The molecule has 0 heterocycles. The Morgan fingerprint density at radius 1 is 1.23 bits per heavy atom. The van der Waals surface area contributed by atoms with Crippen LogP contribution in [0.5, 0.6) is 0 Å². The zero-order valence-electron chi connectivity index (χ0n) is 8.46. The Bertz CT molecular complexity index is 362. The summed E-state index contributed by atoms with van der Waals surface area (Å²) in [6.07, 6.45) is 5.56. The smallest absolute Gasteiger partial charge is 0.0402 e. The van der Waals surface area contributed by atoms with Gasteiger partial charge in [0.15, 0.2) is 0 Å². The molecule has 0 N–H and O–H groups in total. The highest BCUT2D eigenvalue weighted by Gasteiger charge is 2.12. The van der Waals surface area contributed by atoms with E-state index in [2.05, 4.69) is 50.2 Å². The highest BCUT2D eigenvalue weighted by atomic mass is 15.1. The quantitative estimate of drug-likeness (QED) is 0.631. The van der Waals surface area contributed by atoms with Gasteiger partial charge in [0.2, 0.25) is 0 Å². The first-order chi connectivity index (χ1) is 6.20. The van der Waals surface area contributed by atoms with E-state index in [0.717, 1.165) is 6.42 Å². The zero-order valence-corrected chi connectivity index (χ0v) is 8.46. The molecule has 1 nitrogen and oxygen atoms in total. The Morgan fingerprint density at radius 2 is 2.00 bits per heavy atom. The van der Waals surface area contributed by atoms with Gasteiger partial charge in [0.25, 0.3) is 0 Å². The van der Waals surface area contributed by atoms with E-state index in [1.165, 1.54) is 22.4 Å². The van der Waals surface area contributed by atoms with Crippen molar-refractivity contribution >= 4 is 11.8 Å². The van der Waals surface area contributed by atoms with Gasteiger partial charge in [0, 0.05) is 19.8 Å². The summed E-state index contributed by atoms with van der Waals surface area (Å²) in [4.78, 5) is 2.19. The Morgan fingerprint density at radius 3 is 2.69 bits per heavy atom. The third-order valence-corrected chi connectivity index (χ3v) is 2.64. The first kappa shape index (κ1) is 8.36. The number of aryl methyl sites for hydroxylation is 1. The molecular weight excluding hydrogens is 158 g/mol. The van der Waals surface area contributed by atoms with E-state index < -0.39 is 0 Å². The minimum absolute atomic E-state index is 1.09. The molecule has 0 amide bonds. The molecule has 0 atom stereocenters. The van der Waals surface area contributed by atoms with Crippen molar-refractivity contribution in [2.75, 3.05) is 19.0 Å². The van der Waals surface area contributed by atoms with Crippen LogP contribution in [0.2, 0.25) is 0 Å². The van der Waals surface area contributed by atoms with Crippen LogP contribution in [0.4, 0.5) is 5.69 Å². The molecular formula is C12H15N. The molecule has 1 aliphatic rings. The van der Waals surface area contributed by atoms with Crippen LogP contribution in [0.3, 0.4) is 0 Å². The fraction of sp³-hybridized carbons (Fsp3) is 0.333. The third-order valence-electron chi connectivity index (χ3n) is 2.64. The molecule has 0 radical (unpaired) electrons. The van der Waals surface area contributed by atoms with Gasteiger partial charge < -0.3 is 4.90 Å². The predicted octanol–water partition coefficient (Wildman–Crippen LogP) is 2.63. The van der Waals surface area contributed by atoms with Crippen LogP contribution in [0.15, 0.2) is 18.2 Å². The molecule has 0 aliphatic heterocycles. The molecule has 0 unspecified atom stereocenters. The highest BCUT2D eigenvalue weighted by molar-refractivity contribution is 5.72. The second-order valence-corrected chi connectivity index (χ2v) is 3.79. The maximum atomic E-state index is 2.24. The van der Waals surface area contributed by atoms with Gasteiger partial charge in [-0.25, -0.2) is 0 Å². The number of benzene rings is 1. The fourth-order valence-corrected chi connectivity index (χ4v) is 1.93.